The van der Waals surface area contributed by atoms with Gasteiger partial charge in [0.15, 0.2) is 17.5 Å². The van der Waals surface area contributed by atoms with Crippen LogP contribution >= 0.6 is 11.3 Å². The number of nitrogens with zero attached hydrogens (tertiary/aromatic N) is 4. The summed E-state index contributed by atoms with van der Waals surface area (Å²) in [5.41, 5.74) is 12.7. The van der Waals surface area contributed by atoms with Gasteiger partial charge in [-0.1, -0.05) is 194 Å². The first kappa shape index (κ1) is 36.7. The Kier molecular flexibility index (Phi) is 8.98. The highest BCUT2D eigenvalue weighted by Gasteiger charge is 2.18. The van der Waals surface area contributed by atoms with E-state index in [-0.39, 0.29) is 0 Å². The van der Waals surface area contributed by atoms with Crippen LogP contribution in [0.1, 0.15) is 0 Å². The molecule has 0 atom stereocenters. The molecule has 0 saturated heterocycles. The molecule has 0 bridgehead atoms. The van der Waals surface area contributed by atoms with Crippen molar-refractivity contribution in [1.82, 2.24) is 19.9 Å². The van der Waals surface area contributed by atoms with E-state index in [4.69, 9.17) is 19.9 Å². The van der Waals surface area contributed by atoms with Crippen molar-refractivity contribution in [3.63, 3.8) is 0 Å². The summed E-state index contributed by atoms with van der Waals surface area (Å²) in [7, 11) is 0. The summed E-state index contributed by atoms with van der Waals surface area (Å²) in [6.07, 6.45) is 0. The highest BCUT2D eigenvalue weighted by Crippen LogP contribution is 2.44. The summed E-state index contributed by atoms with van der Waals surface area (Å²) in [6, 6.07) is 76.8. The third kappa shape index (κ3) is 6.81. The predicted octanol–water partition coefficient (Wildman–Crippen LogP) is 15.6. The second-order valence-electron chi connectivity index (χ2n) is 15.8. The Bertz CT molecular complexity index is 3540. The van der Waals surface area contributed by atoms with E-state index in [2.05, 4.69) is 206 Å². The molecule has 0 aliphatic rings. The number of fused-ring (bicyclic) bond motifs is 6. The standard InChI is InChI=1S/C58H36N4S/c1-3-12-37(13-4-1)39-22-28-42(29-23-39)56-60-57(43-30-24-40(25-31-43)38-14-5-2-6-15-38)62-58(61-56)44-32-26-41(27-33-44)45-18-11-19-48(34-45)54-53-49-20-9-10-21-52(49)63-55(53)50-35-46-16-7-8-17-47(46)36-51(50)59-54/h1-36H. The van der Waals surface area contributed by atoms with Crippen LogP contribution in [0.15, 0.2) is 218 Å². The summed E-state index contributed by atoms with van der Waals surface area (Å²) in [5, 5.41) is 6.05. The van der Waals surface area contributed by atoms with Gasteiger partial charge in [0, 0.05) is 47.8 Å². The average molecular weight is 821 g/mol. The van der Waals surface area contributed by atoms with Gasteiger partial charge in [-0.05, 0) is 68.4 Å². The highest BCUT2D eigenvalue weighted by atomic mass is 32.1. The zero-order valence-electron chi connectivity index (χ0n) is 34.0. The van der Waals surface area contributed by atoms with Crippen molar-refractivity contribution in [1.29, 1.82) is 0 Å². The van der Waals surface area contributed by atoms with E-state index < -0.39 is 0 Å². The molecule has 5 heteroatoms. The third-order valence-electron chi connectivity index (χ3n) is 11.9. The average Bonchev–Trinajstić information content (AvgIpc) is 3.76. The molecule has 0 aliphatic carbocycles. The Labute approximate surface area is 368 Å². The third-order valence-corrected chi connectivity index (χ3v) is 13.1. The molecule has 0 unspecified atom stereocenters. The minimum atomic E-state index is 0.620. The van der Waals surface area contributed by atoms with Crippen LogP contribution in [-0.4, -0.2) is 19.9 Å². The van der Waals surface area contributed by atoms with Crippen molar-refractivity contribution >= 4 is 53.2 Å². The maximum absolute atomic E-state index is 5.43. The van der Waals surface area contributed by atoms with Crippen molar-refractivity contribution in [2.45, 2.75) is 0 Å². The number of pyridine rings is 1. The van der Waals surface area contributed by atoms with E-state index in [1.165, 1.54) is 47.5 Å². The molecule has 12 rings (SSSR count). The summed E-state index contributed by atoms with van der Waals surface area (Å²) < 4.78 is 2.54. The number of aromatic nitrogens is 4. The quantitative estimate of drug-likeness (QED) is 0.150. The first-order valence-electron chi connectivity index (χ1n) is 21.1. The Morgan fingerprint density at radius 3 is 1.29 bits per heavy atom. The van der Waals surface area contributed by atoms with E-state index >= 15 is 0 Å². The van der Waals surface area contributed by atoms with Gasteiger partial charge in [-0.2, -0.15) is 0 Å². The highest BCUT2D eigenvalue weighted by molar-refractivity contribution is 7.26. The summed E-state index contributed by atoms with van der Waals surface area (Å²) >= 11 is 1.85. The normalized spacial score (nSPS) is 11.5. The van der Waals surface area contributed by atoms with Gasteiger partial charge in [0.05, 0.1) is 11.2 Å². The fourth-order valence-electron chi connectivity index (χ4n) is 8.66. The summed E-state index contributed by atoms with van der Waals surface area (Å²) in [6.45, 7) is 0. The lowest BCUT2D eigenvalue weighted by Gasteiger charge is -2.11. The number of hydrogen-bond donors (Lipinski definition) is 0. The maximum Gasteiger partial charge on any atom is 0.164 e. The lowest BCUT2D eigenvalue weighted by atomic mass is 9.97. The van der Waals surface area contributed by atoms with Gasteiger partial charge in [-0.15, -0.1) is 11.3 Å². The van der Waals surface area contributed by atoms with Crippen LogP contribution in [0, 0.1) is 0 Å². The Morgan fingerprint density at radius 1 is 0.286 bits per heavy atom. The SMILES string of the molecule is c1ccc(-c2ccc(-c3nc(-c4ccc(-c5ccccc5)cc4)nc(-c4ccc(-c5cccc(-c6nc7cc8ccccc8cc7c7sc8ccccc8c67)c5)cc4)n3)cc2)cc1. The molecule has 4 nitrogen and oxygen atoms in total. The van der Waals surface area contributed by atoms with Crippen LogP contribution in [0.5, 0.6) is 0 Å². The maximum atomic E-state index is 5.43. The molecule has 63 heavy (non-hydrogen) atoms. The number of benzene rings is 9. The van der Waals surface area contributed by atoms with Gasteiger partial charge >= 0.3 is 0 Å². The van der Waals surface area contributed by atoms with Gasteiger partial charge < -0.3 is 0 Å². The van der Waals surface area contributed by atoms with Crippen molar-refractivity contribution in [2.75, 3.05) is 0 Å². The van der Waals surface area contributed by atoms with E-state index in [9.17, 15) is 0 Å². The van der Waals surface area contributed by atoms with Crippen molar-refractivity contribution in [3.8, 4) is 78.8 Å². The van der Waals surface area contributed by atoms with Crippen LogP contribution in [0.25, 0.3) is 121 Å². The Balaban J connectivity index is 0.929. The molecule has 0 saturated carbocycles. The van der Waals surface area contributed by atoms with Crippen LogP contribution < -0.4 is 0 Å². The minimum Gasteiger partial charge on any atom is -0.247 e. The molecular weight excluding hydrogens is 785 g/mol. The summed E-state index contributed by atoms with van der Waals surface area (Å²) in [5.74, 6) is 1.87. The van der Waals surface area contributed by atoms with Gasteiger partial charge in [0.2, 0.25) is 0 Å². The lowest BCUT2D eigenvalue weighted by molar-refractivity contribution is 1.07. The molecular formula is C58H36N4S. The van der Waals surface area contributed by atoms with Crippen LogP contribution in [0.2, 0.25) is 0 Å². The minimum absolute atomic E-state index is 0.620. The van der Waals surface area contributed by atoms with Gasteiger partial charge in [0.25, 0.3) is 0 Å². The molecule has 0 N–H and O–H groups in total. The summed E-state index contributed by atoms with van der Waals surface area (Å²) in [4.78, 5) is 20.6. The molecule has 0 amide bonds. The molecule has 0 spiro atoms. The molecule has 294 valence electrons. The molecule has 3 heterocycles. The van der Waals surface area contributed by atoms with E-state index in [1.807, 2.05) is 23.5 Å². The molecule has 0 fully saturated rings. The van der Waals surface area contributed by atoms with Crippen LogP contribution in [0.3, 0.4) is 0 Å². The second kappa shape index (κ2) is 15.4. The Hall–Kier alpha value is -8.12. The zero-order chi connectivity index (χ0) is 41.7. The topological polar surface area (TPSA) is 51.6 Å². The van der Waals surface area contributed by atoms with E-state index in [1.54, 1.807) is 0 Å². The first-order chi connectivity index (χ1) is 31.2. The predicted molar refractivity (Wildman–Crippen MR) is 264 cm³/mol. The number of hydrogen-bond acceptors (Lipinski definition) is 5. The molecule has 0 radical (unpaired) electrons. The van der Waals surface area contributed by atoms with Gasteiger partial charge in [-0.25, -0.2) is 19.9 Å². The number of thiophene rings is 1. The molecule has 12 aromatic rings. The van der Waals surface area contributed by atoms with E-state index in [0.717, 1.165) is 55.7 Å². The second-order valence-corrected chi connectivity index (χ2v) is 16.9. The molecule has 3 aromatic heterocycles. The van der Waals surface area contributed by atoms with Gasteiger partial charge in [0.1, 0.15) is 0 Å². The van der Waals surface area contributed by atoms with Crippen LogP contribution in [-0.2, 0) is 0 Å². The fourth-order valence-corrected chi connectivity index (χ4v) is 9.89. The number of rotatable bonds is 7. The first-order valence-corrected chi connectivity index (χ1v) is 21.9. The van der Waals surface area contributed by atoms with Crippen molar-refractivity contribution in [2.24, 2.45) is 0 Å². The molecule has 0 aliphatic heterocycles. The largest absolute Gasteiger partial charge is 0.247 e. The fraction of sp³-hybridized carbons (Fsp3) is 0. The zero-order valence-corrected chi connectivity index (χ0v) is 34.8. The van der Waals surface area contributed by atoms with Gasteiger partial charge in [-0.3, -0.25) is 0 Å². The molecule has 9 aromatic carbocycles. The lowest BCUT2D eigenvalue weighted by Crippen LogP contribution is -2.00. The monoisotopic (exact) mass is 820 g/mol. The van der Waals surface area contributed by atoms with Crippen molar-refractivity contribution < 1.29 is 0 Å². The van der Waals surface area contributed by atoms with Crippen molar-refractivity contribution in [3.05, 3.63) is 218 Å². The van der Waals surface area contributed by atoms with E-state index in [0.29, 0.717) is 17.5 Å². The van der Waals surface area contributed by atoms with Crippen LogP contribution in [0.4, 0.5) is 0 Å². The smallest absolute Gasteiger partial charge is 0.164 e. The Morgan fingerprint density at radius 2 is 0.714 bits per heavy atom.